The van der Waals surface area contributed by atoms with Crippen LogP contribution in [0.25, 0.3) is 0 Å². The highest BCUT2D eigenvalue weighted by Gasteiger charge is 2.23. The van der Waals surface area contributed by atoms with Gasteiger partial charge in [0, 0.05) is 12.0 Å². The molecule has 3 heteroatoms. The van der Waals surface area contributed by atoms with Crippen LogP contribution in [-0.4, -0.2) is 19.2 Å². The maximum absolute atomic E-state index is 13.1. The zero-order valence-corrected chi connectivity index (χ0v) is 11.9. The third-order valence-corrected chi connectivity index (χ3v) is 3.66. The van der Waals surface area contributed by atoms with Crippen molar-refractivity contribution < 1.29 is 9.13 Å². The van der Waals surface area contributed by atoms with Crippen molar-refractivity contribution in [3.63, 3.8) is 0 Å². The predicted octanol–water partition coefficient (Wildman–Crippen LogP) is 3.55. The minimum absolute atomic E-state index is 0.167. The molecule has 1 N–H and O–H groups in total. The first-order valence-corrected chi connectivity index (χ1v) is 7.34. The Morgan fingerprint density at radius 3 is 3.11 bits per heavy atom. The van der Waals surface area contributed by atoms with E-state index in [1.807, 2.05) is 0 Å². The molecule has 0 bridgehead atoms. The molecular weight excluding hydrogens is 241 g/mol. The summed E-state index contributed by atoms with van der Waals surface area (Å²) < 4.78 is 19.0. The van der Waals surface area contributed by atoms with Gasteiger partial charge in [-0.15, -0.1) is 0 Å². The summed E-state index contributed by atoms with van der Waals surface area (Å²) in [6, 6.07) is 4.82. The van der Waals surface area contributed by atoms with Gasteiger partial charge < -0.3 is 10.1 Å². The maximum atomic E-state index is 13.1. The molecule has 1 aromatic rings. The molecule has 19 heavy (non-hydrogen) atoms. The monoisotopic (exact) mass is 265 g/mol. The largest absolute Gasteiger partial charge is 0.490 e. The van der Waals surface area contributed by atoms with Gasteiger partial charge in [0.05, 0.1) is 0 Å². The van der Waals surface area contributed by atoms with Gasteiger partial charge in [0.1, 0.15) is 17.7 Å². The van der Waals surface area contributed by atoms with E-state index in [1.165, 1.54) is 12.5 Å². The zero-order valence-electron chi connectivity index (χ0n) is 11.9. The van der Waals surface area contributed by atoms with Crippen LogP contribution < -0.4 is 10.1 Å². The van der Waals surface area contributed by atoms with Crippen LogP contribution in [-0.2, 0) is 6.42 Å². The molecule has 1 aliphatic rings. The summed E-state index contributed by atoms with van der Waals surface area (Å²) in [5, 5.41) is 3.44. The molecule has 0 fully saturated rings. The molecule has 2 unspecified atom stereocenters. The number of fused-ring (bicyclic) bond motifs is 1. The Bertz CT molecular complexity index is 408. The van der Waals surface area contributed by atoms with E-state index in [4.69, 9.17) is 4.74 Å². The first-order chi connectivity index (χ1) is 9.19. The molecular formula is C16H24FNO. The number of rotatable bonds is 7. The lowest BCUT2D eigenvalue weighted by molar-refractivity contribution is 0.209. The Morgan fingerprint density at radius 1 is 1.47 bits per heavy atom. The quantitative estimate of drug-likeness (QED) is 0.761. The molecule has 1 heterocycles. The highest BCUT2D eigenvalue weighted by Crippen LogP contribution is 2.31. The summed E-state index contributed by atoms with van der Waals surface area (Å²) in [5.74, 6) is 1.36. The normalized spacial score (nSPS) is 19.0. The summed E-state index contributed by atoms with van der Waals surface area (Å²) >= 11 is 0. The zero-order chi connectivity index (χ0) is 13.7. The van der Waals surface area contributed by atoms with Gasteiger partial charge in [0.15, 0.2) is 0 Å². The van der Waals surface area contributed by atoms with E-state index in [-0.39, 0.29) is 11.9 Å². The van der Waals surface area contributed by atoms with E-state index in [9.17, 15) is 4.39 Å². The van der Waals surface area contributed by atoms with Crippen molar-refractivity contribution in [1.29, 1.82) is 0 Å². The molecule has 1 aromatic carbocycles. The summed E-state index contributed by atoms with van der Waals surface area (Å²) in [6.45, 7) is 6.61. The first kappa shape index (κ1) is 14.3. The van der Waals surface area contributed by atoms with Crippen LogP contribution in [0.15, 0.2) is 18.2 Å². The molecule has 0 aromatic heterocycles. The van der Waals surface area contributed by atoms with Gasteiger partial charge in [-0.25, -0.2) is 4.39 Å². The second-order valence-electron chi connectivity index (χ2n) is 5.58. The standard InChI is InChI=1S/C16H24FNO/c1-3-8-18-11-12(2)4-6-15-10-13-9-14(17)5-7-16(13)19-15/h5,7,9,12,15,18H,3-4,6,8,10-11H2,1-2H3. The molecule has 0 amide bonds. The molecule has 0 saturated carbocycles. The van der Waals surface area contributed by atoms with Crippen LogP contribution in [0.3, 0.4) is 0 Å². The third-order valence-electron chi connectivity index (χ3n) is 3.66. The highest BCUT2D eigenvalue weighted by molar-refractivity contribution is 5.37. The fraction of sp³-hybridized carbons (Fsp3) is 0.625. The van der Waals surface area contributed by atoms with Crippen LogP contribution in [0.1, 0.15) is 38.7 Å². The van der Waals surface area contributed by atoms with Crippen LogP contribution >= 0.6 is 0 Å². The van der Waals surface area contributed by atoms with Gasteiger partial charge in [-0.05, 0) is 56.5 Å². The van der Waals surface area contributed by atoms with Gasteiger partial charge in [-0.3, -0.25) is 0 Å². The molecule has 0 aliphatic carbocycles. The van der Waals surface area contributed by atoms with Crippen LogP contribution in [0.4, 0.5) is 4.39 Å². The van der Waals surface area contributed by atoms with E-state index < -0.39 is 0 Å². The van der Waals surface area contributed by atoms with Gasteiger partial charge >= 0.3 is 0 Å². The lowest BCUT2D eigenvalue weighted by Gasteiger charge is -2.15. The fourth-order valence-electron chi connectivity index (χ4n) is 2.55. The van der Waals surface area contributed by atoms with E-state index in [0.717, 1.165) is 43.7 Å². The average molecular weight is 265 g/mol. The Labute approximate surface area is 115 Å². The number of hydrogen-bond acceptors (Lipinski definition) is 2. The van der Waals surface area contributed by atoms with Gasteiger partial charge in [-0.1, -0.05) is 13.8 Å². The predicted molar refractivity (Wildman–Crippen MR) is 76.1 cm³/mol. The average Bonchev–Trinajstić information content (AvgIpc) is 2.78. The SMILES string of the molecule is CCCNCC(C)CCC1Cc2cc(F)ccc2O1. The van der Waals surface area contributed by atoms with E-state index in [0.29, 0.717) is 5.92 Å². The Hall–Kier alpha value is -1.09. The van der Waals surface area contributed by atoms with Crippen molar-refractivity contribution in [2.45, 2.75) is 45.6 Å². The number of ether oxygens (including phenoxy) is 1. The smallest absolute Gasteiger partial charge is 0.123 e. The Morgan fingerprint density at radius 2 is 2.32 bits per heavy atom. The van der Waals surface area contributed by atoms with E-state index >= 15 is 0 Å². The first-order valence-electron chi connectivity index (χ1n) is 7.34. The van der Waals surface area contributed by atoms with Crippen molar-refractivity contribution in [3.8, 4) is 5.75 Å². The molecule has 0 radical (unpaired) electrons. The topological polar surface area (TPSA) is 21.3 Å². The van der Waals surface area contributed by atoms with Crippen molar-refractivity contribution in [2.24, 2.45) is 5.92 Å². The van der Waals surface area contributed by atoms with Gasteiger partial charge in [0.2, 0.25) is 0 Å². The third kappa shape index (κ3) is 4.20. The summed E-state index contributed by atoms with van der Waals surface area (Å²) in [6.07, 6.45) is 4.45. The highest BCUT2D eigenvalue weighted by atomic mass is 19.1. The number of hydrogen-bond donors (Lipinski definition) is 1. The molecule has 106 valence electrons. The summed E-state index contributed by atoms with van der Waals surface area (Å²) in [7, 11) is 0. The lowest BCUT2D eigenvalue weighted by atomic mass is 10.00. The molecule has 2 atom stereocenters. The summed E-state index contributed by atoms with van der Waals surface area (Å²) in [4.78, 5) is 0. The lowest BCUT2D eigenvalue weighted by Crippen LogP contribution is -2.23. The second kappa shape index (κ2) is 6.90. The molecule has 2 nitrogen and oxygen atoms in total. The molecule has 2 rings (SSSR count). The van der Waals surface area contributed by atoms with Gasteiger partial charge in [-0.2, -0.15) is 0 Å². The maximum Gasteiger partial charge on any atom is 0.123 e. The molecule has 0 spiro atoms. The number of benzene rings is 1. The van der Waals surface area contributed by atoms with Gasteiger partial charge in [0.25, 0.3) is 0 Å². The minimum Gasteiger partial charge on any atom is -0.490 e. The Kier molecular flexibility index (Phi) is 5.20. The van der Waals surface area contributed by atoms with E-state index in [2.05, 4.69) is 19.2 Å². The number of nitrogens with one attached hydrogen (secondary N) is 1. The summed E-state index contributed by atoms with van der Waals surface area (Å²) in [5.41, 5.74) is 1.02. The fourth-order valence-corrected chi connectivity index (χ4v) is 2.55. The van der Waals surface area contributed by atoms with Crippen molar-refractivity contribution >= 4 is 0 Å². The second-order valence-corrected chi connectivity index (χ2v) is 5.58. The minimum atomic E-state index is -0.167. The van der Waals surface area contributed by atoms with Crippen molar-refractivity contribution in [2.75, 3.05) is 13.1 Å². The Balaban J connectivity index is 1.72. The van der Waals surface area contributed by atoms with Crippen molar-refractivity contribution in [1.82, 2.24) is 5.32 Å². The molecule has 0 saturated heterocycles. The molecule has 1 aliphatic heterocycles. The van der Waals surface area contributed by atoms with E-state index in [1.54, 1.807) is 12.1 Å². The van der Waals surface area contributed by atoms with Crippen LogP contribution in [0.2, 0.25) is 0 Å². The van der Waals surface area contributed by atoms with Crippen LogP contribution in [0, 0.1) is 11.7 Å². The van der Waals surface area contributed by atoms with Crippen LogP contribution in [0.5, 0.6) is 5.75 Å². The van der Waals surface area contributed by atoms with Crippen molar-refractivity contribution in [3.05, 3.63) is 29.6 Å². The number of halogens is 1.